The van der Waals surface area contributed by atoms with Gasteiger partial charge in [-0.15, -0.1) is 0 Å². The Morgan fingerprint density at radius 1 is 1.19 bits per heavy atom. The quantitative estimate of drug-likeness (QED) is 0.891. The van der Waals surface area contributed by atoms with Gasteiger partial charge in [-0.1, -0.05) is 6.07 Å². The van der Waals surface area contributed by atoms with Gasteiger partial charge in [0, 0.05) is 0 Å². The fourth-order valence-electron chi connectivity index (χ4n) is 1.38. The van der Waals surface area contributed by atoms with Crippen LogP contribution >= 0.6 is 31.9 Å². The van der Waals surface area contributed by atoms with E-state index in [1.165, 1.54) is 12.3 Å². The molecule has 0 aliphatic rings. The van der Waals surface area contributed by atoms with Gasteiger partial charge in [0.1, 0.15) is 11.6 Å². The zero-order chi connectivity index (χ0) is 11.7. The first-order chi connectivity index (χ1) is 7.59. The van der Waals surface area contributed by atoms with Crippen LogP contribution in [0, 0.1) is 5.82 Å². The van der Waals surface area contributed by atoms with Crippen molar-refractivity contribution in [2.24, 2.45) is 5.73 Å². The molecule has 2 N–H and O–H groups in total. The highest BCUT2D eigenvalue weighted by Crippen LogP contribution is 2.29. The van der Waals surface area contributed by atoms with E-state index in [9.17, 15) is 4.39 Å². The largest absolute Gasteiger partial charge is 0.466 e. The van der Waals surface area contributed by atoms with Gasteiger partial charge in [-0.05, 0) is 55.6 Å². The average Bonchev–Trinajstić information content (AvgIpc) is 2.67. The number of hydrogen-bond acceptors (Lipinski definition) is 2. The summed E-state index contributed by atoms with van der Waals surface area (Å²) in [5.74, 6) is 0.248. The zero-order valence-electron chi connectivity index (χ0n) is 8.08. The molecule has 0 spiro atoms. The Bertz CT molecular complexity index is 512. The van der Waals surface area contributed by atoms with Crippen molar-refractivity contribution in [1.82, 2.24) is 0 Å². The molecule has 0 saturated heterocycles. The highest BCUT2D eigenvalue weighted by molar-refractivity contribution is 9.10. The molecule has 0 radical (unpaired) electrons. The third-order valence-corrected chi connectivity index (χ3v) is 3.53. The fourth-order valence-corrected chi connectivity index (χ4v) is 2.08. The monoisotopic (exact) mass is 347 g/mol. The third kappa shape index (κ3) is 2.21. The van der Waals surface area contributed by atoms with Crippen LogP contribution in [0.1, 0.15) is 17.4 Å². The lowest BCUT2D eigenvalue weighted by atomic mass is 10.1. The van der Waals surface area contributed by atoms with Crippen molar-refractivity contribution in [2.45, 2.75) is 6.04 Å². The van der Waals surface area contributed by atoms with E-state index < -0.39 is 6.04 Å². The molecule has 0 bridgehead atoms. The summed E-state index contributed by atoms with van der Waals surface area (Å²) in [6.45, 7) is 0. The lowest BCUT2D eigenvalue weighted by Gasteiger charge is -2.10. The summed E-state index contributed by atoms with van der Waals surface area (Å²) in [5.41, 5.74) is 6.64. The number of halogens is 3. The van der Waals surface area contributed by atoms with Crippen molar-refractivity contribution >= 4 is 31.9 Å². The van der Waals surface area contributed by atoms with Crippen molar-refractivity contribution in [3.8, 4) is 0 Å². The van der Waals surface area contributed by atoms with E-state index >= 15 is 0 Å². The van der Waals surface area contributed by atoms with E-state index in [1.54, 1.807) is 18.2 Å². The van der Waals surface area contributed by atoms with Crippen molar-refractivity contribution in [1.29, 1.82) is 0 Å². The molecular formula is C11H8Br2FNO. The van der Waals surface area contributed by atoms with Gasteiger partial charge >= 0.3 is 0 Å². The van der Waals surface area contributed by atoms with E-state index in [2.05, 4.69) is 31.9 Å². The molecule has 2 aromatic rings. The maximum Gasteiger partial charge on any atom is 0.139 e. The third-order valence-electron chi connectivity index (χ3n) is 2.23. The Hall–Kier alpha value is -0.650. The molecule has 2 nitrogen and oxygen atoms in total. The second kappa shape index (κ2) is 4.69. The molecular weight excluding hydrogens is 341 g/mol. The fraction of sp³-hybridized carbons (Fsp3) is 0.0909. The summed E-state index contributed by atoms with van der Waals surface area (Å²) in [5, 5.41) is 0. The highest BCUT2D eigenvalue weighted by atomic mass is 79.9. The smallest absolute Gasteiger partial charge is 0.139 e. The molecule has 16 heavy (non-hydrogen) atoms. The number of nitrogens with two attached hydrogens (primary N) is 1. The second-order valence-electron chi connectivity index (χ2n) is 3.28. The van der Waals surface area contributed by atoms with Crippen molar-refractivity contribution in [3.05, 3.63) is 56.6 Å². The molecule has 1 aromatic heterocycles. The Kier molecular flexibility index (Phi) is 3.47. The first kappa shape index (κ1) is 11.8. The average molecular weight is 349 g/mol. The molecule has 0 aliphatic carbocycles. The molecule has 0 saturated carbocycles. The molecule has 0 fully saturated rings. The summed E-state index contributed by atoms with van der Waals surface area (Å²) in [6.07, 6.45) is 1.54. The van der Waals surface area contributed by atoms with Crippen LogP contribution < -0.4 is 5.73 Å². The summed E-state index contributed by atoms with van der Waals surface area (Å²) >= 11 is 6.41. The molecule has 1 unspecified atom stereocenters. The summed E-state index contributed by atoms with van der Waals surface area (Å²) in [7, 11) is 0. The van der Waals surface area contributed by atoms with Gasteiger partial charge in [0.2, 0.25) is 0 Å². The summed E-state index contributed by atoms with van der Waals surface area (Å²) < 4.78 is 19.8. The highest BCUT2D eigenvalue weighted by Gasteiger charge is 2.16. The molecule has 0 amide bonds. The number of rotatable bonds is 2. The van der Waals surface area contributed by atoms with Gasteiger partial charge in [0.05, 0.1) is 21.3 Å². The maximum absolute atomic E-state index is 13.3. The first-order valence-electron chi connectivity index (χ1n) is 4.53. The van der Waals surface area contributed by atoms with Crippen LogP contribution in [-0.4, -0.2) is 0 Å². The van der Waals surface area contributed by atoms with Gasteiger partial charge in [-0.25, -0.2) is 4.39 Å². The van der Waals surface area contributed by atoms with Crippen LogP contribution in [0.25, 0.3) is 0 Å². The van der Waals surface area contributed by atoms with E-state index in [4.69, 9.17) is 10.2 Å². The van der Waals surface area contributed by atoms with Crippen LogP contribution in [0.15, 0.2) is 43.9 Å². The van der Waals surface area contributed by atoms with Crippen LogP contribution in [0.2, 0.25) is 0 Å². The number of benzene rings is 1. The predicted molar refractivity (Wildman–Crippen MR) is 66.5 cm³/mol. The normalized spacial score (nSPS) is 12.8. The lowest BCUT2D eigenvalue weighted by molar-refractivity contribution is 0.486. The topological polar surface area (TPSA) is 39.2 Å². The van der Waals surface area contributed by atoms with Gasteiger partial charge in [-0.2, -0.15) is 0 Å². The van der Waals surface area contributed by atoms with Gasteiger partial charge in [0.25, 0.3) is 0 Å². The van der Waals surface area contributed by atoms with Crippen molar-refractivity contribution < 1.29 is 8.81 Å². The lowest BCUT2D eigenvalue weighted by Crippen LogP contribution is -2.11. The second-order valence-corrected chi connectivity index (χ2v) is 4.99. The van der Waals surface area contributed by atoms with Crippen molar-refractivity contribution in [3.63, 3.8) is 0 Å². The molecule has 0 aliphatic heterocycles. The van der Waals surface area contributed by atoms with E-state index in [-0.39, 0.29) is 5.82 Å². The minimum Gasteiger partial charge on any atom is -0.466 e. The minimum absolute atomic E-state index is 0.337. The minimum atomic E-state index is -0.480. The Balaban J connectivity index is 2.38. The zero-order valence-corrected chi connectivity index (χ0v) is 11.3. The Morgan fingerprint density at radius 3 is 2.50 bits per heavy atom. The van der Waals surface area contributed by atoms with E-state index in [0.29, 0.717) is 15.8 Å². The van der Waals surface area contributed by atoms with Crippen LogP contribution in [-0.2, 0) is 0 Å². The van der Waals surface area contributed by atoms with Gasteiger partial charge in [0.15, 0.2) is 0 Å². The summed E-state index contributed by atoms with van der Waals surface area (Å²) in [6, 6.07) is 6.05. The molecule has 2 rings (SSSR count). The molecule has 1 heterocycles. The van der Waals surface area contributed by atoms with E-state index in [1.807, 2.05) is 0 Å². The molecule has 84 valence electrons. The first-order valence-corrected chi connectivity index (χ1v) is 6.11. The van der Waals surface area contributed by atoms with Gasteiger partial charge < -0.3 is 10.2 Å². The van der Waals surface area contributed by atoms with Crippen LogP contribution in [0.5, 0.6) is 0 Å². The Morgan fingerprint density at radius 2 is 1.94 bits per heavy atom. The van der Waals surface area contributed by atoms with Crippen LogP contribution in [0.4, 0.5) is 4.39 Å². The standard InChI is InChI=1S/C11H8Br2FNO/c12-7-2-1-6(5-9(7)14)10(15)11-8(13)3-4-16-11/h1-5,10H,15H2. The molecule has 1 atom stereocenters. The summed E-state index contributed by atoms with van der Waals surface area (Å²) in [4.78, 5) is 0. The number of hydrogen-bond donors (Lipinski definition) is 1. The van der Waals surface area contributed by atoms with Gasteiger partial charge in [-0.3, -0.25) is 0 Å². The number of furan rings is 1. The molecule has 5 heteroatoms. The maximum atomic E-state index is 13.3. The Labute approximate surface area is 109 Å². The predicted octanol–water partition coefficient (Wildman–Crippen LogP) is 3.99. The van der Waals surface area contributed by atoms with E-state index in [0.717, 1.165) is 4.47 Å². The molecule has 1 aromatic carbocycles. The van der Waals surface area contributed by atoms with Crippen LogP contribution in [0.3, 0.4) is 0 Å². The van der Waals surface area contributed by atoms with Crippen molar-refractivity contribution in [2.75, 3.05) is 0 Å². The SMILES string of the molecule is NC(c1ccc(Br)c(F)c1)c1occc1Br.